The number of pyridine rings is 1. The van der Waals surface area contributed by atoms with Crippen molar-refractivity contribution in [2.24, 2.45) is 0 Å². The van der Waals surface area contributed by atoms with Gasteiger partial charge in [0.25, 0.3) is 0 Å². The molecule has 0 bridgehead atoms. The van der Waals surface area contributed by atoms with Gasteiger partial charge in [-0.25, -0.2) is 4.98 Å². The van der Waals surface area contributed by atoms with Crippen molar-refractivity contribution in [3.8, 4) is 22.9 Å². The molecule has 118 valence electrons. The van der Waals surface area contributed by atoms with Crippen LogP contribution >= 0.6 is 23.2 Å². The normalized spacial score (nSPS) is 11.7. The van der Waals surface area contributed by atoms with Crippen LogP contribution in [0.5, 0.6) is 0 Å². The molecule has 3 aromatic rings. The number of halogens is 5. The predicted molar refractivity (Wildman–Crippen MR) is 78.0 cm³/mol. The summed E-state index contributed by atoms with van der Waals surface area (Å²) in [5.74, 6) is -0.262. The molecule has 0 saturated carbocycles. The molecule has 2 aromatic heterocycles. The Bertz CT molecular complexity index is 864. The summed E-state index contributed by atoms with van der Waals surface area (Å²) in [4.78, 5) is 3.64. The highest BCUT2D eigenvalue weighted by atomic mass is 35.5. The van der Waals surface area contributed by atoms with E-state index < -0.39 is 11.7 Å². The van der Waals surface area contributed by atoms with Gasteiger partial charge in [-0.05, 0) is 24.3 Å². The summed E-state index contributed by atoms with van der Waals surface area (Å²) in [7, 11) is 0. The fourth-order valence-corrected chi connectivity index (χ4v) is 2.25. The maximum atomic E-state index is 13.1. The molecule has 0 unspecified atom stereocenters. The van der Waals surface area contributed by atoms with E-state index in [9.17, 15) is 13.2 Å². The first-order valence-electron chi connectivity index (χ1n) is 6.17. The largest absolute Gasteiger partial charge is 0.417 e. The molecule has 9 heteroatoms. The van der Waals surface area contributed by atoms with Crippen molar-refractivity contribution < 1.29 is 17.6 Å². The van der Waals surface area contributed by atoms with Crippen LogP contribution in [0.15, 0.2) is 40.9 Å². The van der Waals surface area contributed by atoms with Crippen molar-refractivity contribution >= 4 is 23.2 Å². The van der Waals surface area contributed by atoms with Crippen LogP contribution in [0.4, 0.5) is 13.2 Å². The highest BCUT2D eigenvalue weighted by Crippen LogP contribution is 2.38. The van der Waals surface area contributed by atoms with E-state index in [1.807, 2.05) is 0 Å². The van der Waals surface area contributed by atoms with E-state index in [2.05, 4.69) is 15.2 Å². The monoisotopic (exact) mass is 359 g/mol. The maximum Gasteiger partial charge on any atom is 0.417 e. The Balaban J connectivity index is 2.08. The Hall–Kier alpha value is -2.12. The molecule has 4 nitrogen and oxygen atoms in total. The minimum atomic E-state index is -4.63. The Labute approximate surface area is 137 Å². The van der Waals surface area contributed by atoms with Crippen molar-refractivity contribution in [1.82, 2.24) is 15.2 Å². The second-order valence-corrected chi connectivity index (χ2v) is 5.30. The second-order valence-electron chi connectivity index (χ2n) is 4.47. The number of hydrogen-bond acceptors (Lipinski definition) is 4. The fourth-order valence-electron chi connectivity index (χ4n) is 1.91. The minimum Gasteiger partial charge on any atom is -0.416 e. The summed E-state index contributed by atoms with van der Waals surface area (Å²) in [6.45, 7) is 0. The standard InChI is InChI=1S/C14H6Cl2F3N3O/c15-8-3-1-2-7(4-8)12-21-22-13(23-12)9-6-20-11(16)5-10(9)14(17,18)19/h1-6H. The Morgan fingerprint density at radius 2 is 1.74 bits per heavy atom. The molecule has 0 aliphatic heterocycles. The molecule has 1 aromatic carbocycles. The first-order valence-corrected chi connectivity index (χ1v) is 6.93. The van der Waals surface area contributed by atoms with E-state index in [1.165, 1.54) is 0 Å². The van der Waals surface area contributed by atoms with Gasteiger partial charge in [0.2, 0.25) is 11.8 Å². The van der Waals surface area contributed by atoms with E-state index in [0.29, 0.717) is 16.7 Å². The topological polar surface area (TPSA) is 51.8 Å². The third-order valence-corrected chi connectivity index (χ3v) is 3.34. The minimum absolute atomic E-state index is 0.0468. The lowest BCUT2D eigenvalue weighted by Gasteiger charge is -2.09. The van der Waals surface area contributed by atoms with Gasteiger partial charge in [0.05, 0.1) is 11.1 Å². The van der Waals surface area contributed by atoms with Crippen LogP contribution in [-0.2, 0) is 6.18 Å². The lowest BCUT2D eigenvalue weighted by molar-refractivity contribution is -0.137. The number of rotatable bonds is 2. The van der Waals surface area contributed by atoms with Crippen molar-refractivity contribution in [3.63, 3.8) is 0 Å². The highest BCUT2D eigenvalue weighted by molar-refractivity contribution is 6.30. The van der Waals surface area contributed by atoms with Crippen molar-refractivity contribution in [3.05, 3.63) is 52.3 Å². The highest BCUT2D eigenvalue weighted by Gasteiger charge is 2.36. The first kappa shape index (κ1) is 15.8. The molecular weight excluding hydrogens is 354 g/mol. The van der Waals surface area contributed by atoms with Crippen LogP contribution in [0.1, 0.15) is 5.56 Å². The number of nitrogens with zero attached hydrogens (tertiary/aromatic N) is 3. The second kappa shape index (κ2) is 5.82. The average molecular weight is 360 g/mol. The smallest absolute Gasteiger partial charge is 0.416 e. The lowest BCUT2D eigenvalue weighted by Crippen LogP contribution is -2.08. The van der Waals surface area contributed by atoms with Gasteiger partial charge in [0.15, 0.2) is 0 Å². The number of aromatic nitrogens is 3. The zero-order valence-corrected chi connectivity index (χ0v) is 12.6. The quantitative estimate of drug-likeness (QED) is 0.595. The average Bonchev–Trinajstić information content (AvgIpc) is 2.96. The van der Waals surface area contributed by atoms with E-state index >= 15 is 0 Å². The number of benzene rings is 1. The first-order chi connectivity index (χ1) is 10.8. The van der Waals surface area contributed by atoms with Gasteiger partial charge in [-0.3, -0.25) is 0 Å². The molecule has 2 heterocycles. The summed E-state index contributed by atoms with van der Waals surface area (Å²) in [5.41, 5.74) is -0.854. The third kappa shape index (κ3) is 3.30. The van der Waals surface area contributed by atoms with E-state index in [0.717, 1.165) is 6.20 Å². The van der Waals surface area contributed by atoms with Crippen LogP contribution in [0.25, 0.3) is 22.9 Å². The van der Waals surface area contributed by atoms with Gasteiger partial charge >= 0.3 is 6.18 Å². The van der Waals surface area contributed by atoms with E-state index in [4.69, 9.17) is 27.6 Å². The Morgan fingerprint density at radius 1 is 1.00 bits per heavy atom. The van der Waals surface area contributed by atoms with Crippen LogP contribution in [-0.4, -0.2) is 15.2 Å². The van der Waals surface area contributed by atoms with Gasteiger partial charge in [0.1, 0.15) is 5.15 Å². The zero-order chi connectivity index (χ0) is 16.6. The van der Waals surface area contributed by atoms with Gasteiger partial charge in [-0.15, -0.1) is 10.2 Å². The van der Waals surface area contributed by atoms with Gasteiger partial charge in [-0.1, -0.05) is 29.3 Å². The SMILES string of the molecule is FC(F)(F)c1cc(Cl)ncc1-c1nnc(-c2cccc(Cl)c2)o1. The summed E-state index contributed by atoms with van der Waals surface area (Å²) in [6, 6.07) is 7.22. The van der Waals surface area contributed by atoms with Gasteiger partial charge in [0, 0.05) is 16.8 Å². The molecule has 0 amide bonds. The predicted octanol–water partition coefficient (Wildman–Crippen LogP) is 5.12. The molecule has 0 aliphatic carbocycles. The zero-order valence-electron chi connectivity index (χ0n) is 11.1. The Kier molecular flexibility index (Phi) is 3.99. The van der Waals surface area contributed by atoms with E-state index in [-0.39, 0.29) is 22.5 Å². The molecule has 0 aliphatic rings. The van der Waals surface area contributed by atoms with Crippen molar-refractivity contribution in [2.75, 3.05) is 0 Å². The third-order valence-electron chi connectivity index (χ3n) is 2.90. The van der Waals surface area contributed by atoms with Crippen LogP contribution in [0.3, 0.4) is 0 Å². The summed E-state index contributed by atoms with van der Waals surface area (Å²) < 4.78 is 44.6. The van der Waals surface area contributed by atoms with Crippen LogP contribution in [0, 0.1) is 0 Å². The maximum absolute atomic E-state index is 13.1. The van der Waals surface area contributed by atoms with Crippen LogP contribution < -0.4 is 0 Å². The fraction of sp³-hybridized carbons (Fsp3) is 0.0714. The molecule has 0 saturated heterocycles. The molecule has 3 rings (SSSR count). The van der Waals surface area contributed by atoms with Crippen molar-refractivity contribution in [1.29, 1.82) is 0 Å². The van der Waals surface area contributed by atoms with Crippen LogP contribution in [0.2, 0.25) is 10.2 Å². The molecule has 23 heavy (non-hydrogen) atoms. The molecular formula is C14H6Cl2F3N3O. The Morgan fingerprint density at radius 3 is 2.43 bits per heavy atom. The summed E-state index contributed by atoms with van der Waals surface area (Å²) in [5, 5.41) is 7.55. The lowest BCUT2D eigenvalue weighted by atomic mass is 10.1. The molecule has 0 N–H and O–H groups in total. The van der Waals surface area contributed by atoms with Gasteiger partial charge < -0.3 is 4.42 Å². The summed E-state index contributed by atoms with van der Waals surface area (Å²) in [6.07, 6.45) is -3.69. The van der Waals surface area contributed by atoms with Crippen molar-refractivity contribution in [2.45, 2.75) is 6.18 Å². The van der Waals surface area contributed by atoms with Gasteiger partial charge in [-0.2, -0.15) is 13.2 Å². The molecule has 0 atom stereocenters. The van der Waals surface area contributed by atoms with E-state index in [1.54, 1.807) is 24.3 Å². The molecule has 0 spiro atoms. The number of alkyl halides is 3. The molecule has 0 fully saturated rings. The summed E-state index contributed by atoms with van der Waals surface area (Å²) >= 11 is 11.4. The molecule has 0 radical (unpaired) electrons. The number of hydrogen-bond donors (Lipinski definition) is 0.